The first kappa shape index (κ1) is 16.5. The van der Waals surface area contributed by atoms with Crippen LogP contribution in [0.1, 0.15) is 16.1 Å². The first-order chi connectivity index (χ1) is 11.8. The van der Waals surface area contributed by atoms with Gasteiger partial charge in [0.25, 0.3) is 5.91 Å². The van der Waals surface area contributed by atoms with E-state index in [4.69, 9.17) is 4.42 Å². The standard InChI is InChI=1S/C16H10F3N3O3/c17-16(18,19)9-3-1-4-10(7-9)20-14(23)12-8-11(21-15(24)22-12)13-5-2-6-25-13/h1-8H,(H,20,23)(H,21,22,24). The topological polar surface area (TPSA) is 88.0 Å². The molecule has 9 heteroatoms. The molecule has 0 atom stereocenters. The Kier molecular flexibility index (Phi) is 4.14. The number of aromatic amines is 1. The van der Waals surface area contributed by atoms with Gasteiger partial charge in [-0.25, -0.2) is 4.79 Å². The highest BCUT2D eigenvalue weighted by Crippen LogP contribution is 2.30. The maximum Gasteiger partial charge on any atom is 0.416 e. The fraction of sp³-hybridized carbons (Fsp3) is 0.0625. The van der Waals surface area contributed by atoms with E-state index < -0.39 is 23.3 Å². The minimum Gasteiger partial charge on any atom is -0.463 e. The van der Waals surface area contributed by atoms with Crippen molar-refractivity contribution in [3.8, 4) is 11.5 Å². The van der Waals surface area contributed by atoms with E-state index in [1.165, 1.54) is 18.4 Å². The van der Waals surface area contributed by atoms with Gasteiger partial charge in [0.1, 0.15) is 11.5 Å². The van der Waals surface area contributed by atoms with Crippen molar-refractivity contribution in [3.05, 3.63) is 70.5 Å². The molecule has 2 heterocycles. The largest absolute Gasteiger partial charge is 0.463 e. The van der Waals surface area contributed by atoms with Gasteiger partial charge in [0.2, 0.25) is 0 Å². The fourth-order valence-electron chi connectivity index (χ4n) is 2.11. The molecule has 0 radical (unpaired) electrons. The Hall–Kier alpha value is -3.36. The Morgan fingerprint density at radius 2 is 1.96 bits per heavy atom. The first-order valence-electron chi connectivity index (χ1n) is 6.97. The molecule has 0 bridgehead atoms. The first-order valence-corrected chi connectivity index (χ1v) is 6.97. The number of benzene rings is 1. The molecular formula is C16H10F3N3O3. The number of anilines is 1. The number of hydrogen-bond donors (Lipinski definition) is 2. The van der Waals surface area contributed by atoms with E-state index in [9.17, 15) is 22.8 Å². The van der Waals surface area contributed by atoms with Crippen molar-refractivity contribution in [2.24, 2.45) is 0 Å². The number of rotatable bonds is 3. The Bertz CT molecular complexity index is 962. The normalized spacial score (nSPS) is 11.3. The summed E-state index contributed by atoms with van der Waals surface area (Å²) in [5.41, 5.74) is -1.79. The van der Waals surface area contributed by atoms with E-state index in [0.717, 1.165) is 18.2 Å². The van der Waals surface area contributed by atoms with E-state index >= 15 is 0 Å². The predicted molar refractivity (Wildman–Crippen MR) is 82.0 cm³/mol. The molecule has 128 valence electrons. The summed E-state index contributed by atoms with van der Waals surface area (Å²) in [5, 5.41) is 2.29. The summed E-state index contributed by atoms with van der Waals surface area (Å²) in [7, 11) is 0. The second-order valence-corrected chi connectivity index (χ2v) is 5.00. The van der Waals surface area contributed by atoms with Crippen LogP contribution >= 0.6 is 0 Å². The van der Waals surface area contributed by atoms with E-state index in [1.54, 1.807) is 12.1 Å². The highest BCUT2D eigenvalue weighted by atomic mass is 19.4. The zero-order chi connectivity index (χ0) is 18.0. The predicted octanol–water partition coefficient (Wildman–Crippen LogP) is 3.30. The molecule has 0 unspecified atom stereocenters. The van der Waals surface area contributed by atoms with Gasteiger partial charge in [-0.15, -0.1) is 0 Å². The average Bonchev–Trinajstić information content (AvgIpc) is 3.08. The van der Waals surface area contributed by atoms with Crippen LogP contribution in [0.5, 0.6) is 0 Å². The van der Waals surface area contributed by atoms with Gasteiger partial charge in [0, 0.05) is 5.69 Å². The second-order valence-electron chi connectivity index (χ2n) is 5.00. The van der Waals surface area contributed by atoms with E-state index in [1.807, 2.05) is 0 Å². The highest BCUT2D eigenvalue weighted by Gasteiger charge is 2.30. The Balaban J connectivity index is 1.88. The Morgan fingerprint density at radius 3 is 2.64 bits per heavy atom. The van der Waals surface area contributed by atoms with Gasteiger partial charge in [-0.3, -0.25) is 4.79 Å². The summed E-state index contributed by atoms with van der Waals surface area (Å²) in [4.78, 5) is 29.8. The Labute approximate surface area is 138 Å². The summed E-state index contributed by atoms with van der Waals surface area (Å²) in [5.74, 6) is -0.508. The van der Waals surface area contributed by atoms with Gasteiger partial charge >= 0.3 is 11.9 Å². The molecule has 6 nitrogen and oxygen atoms in total. The van der Waals surface area contributed by atoms with Gasteiger partial charge in [0.05, 0.1) is 17.5 Å². The number of halogens is 3. The molecule has 0 aliphatic heterocycles. The van der Waals surface area contributed by atoms with Gasteiger partial charge in [-0.2, -0.15) is 18.2 Å². The fourth-order valence-corrected chi connectivity index (χ4v) is 2.11. The molecule has 2 N–H and O–H groups in total. The molecule has 3 rings (SSSR count). The van der Waals surface area contributed by atoms with E-state index in [-0.39, 0.29) is 17.1 Å². The van der Waals surface area contributed by atoms with E-state index in [2.05, 4.69) is 15.3 Å². The number of carbonyl (C=O) groups is 1. The van der Waals surface area contributed by atoms with Gasteiger partial charge in [-0.05, 0) is 36.4 Å². The summed E-state index contributed by atoms with van der Waals surface area (Å²) < 4.78 is 43.3. The lowest BCUT2D eigenvalue weighted by molar-refractivity contribution is -0.137. The molecular weight excluding hydrogens is 339 g/mol. The summed E-state index contributed by atoms with van der Waals surface area (Å²) in [6.45, 7) is 0. The maximum atomic E-state index is 12.7. The molecule has 0 saturated carbocycles. The number of nitrogens with one attached hydrogen (secondary N) is 2. The molecule has 0 saturated heterocycles. The van der Waals surface area contributed by atoms with Gasteiger partial charge in [0.15, 0.2) is 0 Å². The molecule has 1 aromatic carbocycles. The average molecular weight is 349 g/mol. The number of alkyl halides is 3. The minimum atomic E-state index is -4.53. The van der Waals surface area contributed by atoms with Crippen molar-refractivity contribution in [1.29, 1.82) is 0 Å². The van der Waals surface area contributed by atoms with Crippen molar-refractivity contribution in [3.63, 3.8) is 0 Å². The summed E-state index contributed by atoms with van der Waals surface area (Å²) >= 11 is 0. The van der Waals surface area contributed by atoms with E-state index in [0.29, 0.717) is 5.76 Å². The molecule has 2 aromatic heterocycles. The minimum absolute atomic E-state index is 0.0681. The number of nitrogens with zero attached hydrogens (tertiary/aromatic N) is 1. The van der Waals surface area contributed by atoms with Crippen LogP contribution in [0, 0.1) is 0 Å². The number of aromatic nitrogens is 2. The number of carbonyl (C=O) groups excluding carboxylic acids is 1. The number of furan rings is 1. The smallest absolute Gasteiger partial charge is 0.416 e. The maximum absolute atomic E-state index is 12.7. The molecule has 0 aliphatic carbocycles. The van der Waals surface area contributed by atoms with Crippen molar-refractivity contribution in [2.75, 3.05) is 5.32 Å². The van der Waals surface area contributed by atoms with Crippen LogP contribution in [0.2, 0.25) is 0 Å². The molecule has 0 fully saturated rings. The van der Waals surface area contributed by atoms with Crippen LogP contribution in [0.3, 0.4) is 0 Å². The second kappa shape index (κ2) is 6.27. The zero-order valence-electron chi connectivity index (χ0n) is 12.4. The molecule has 1 amide bonds. The Morgan fingerprint density at radius 1 is 1.16 bits per heavy atom. The zero-order valence-corrected chi connectivity index (χ0v) is 12.4. The lowest BCUT2D eigenvalue weighted by Crippen LogP contribution is -2.21. The quantitative estimate of drug-likeness (QED) is 0.759. The summed E-state index contributed by atoms with van der Waals surface area (Å²) in [6.07, 6.45) is -3.15. The molecule has 0 spiro atoms. The van der Waals surface area contributed by atoms with Crippen LogP contribution in [-0.2, 0) is 6.18 Å². The SMILES string of the molecule is O=C(Nc1cccc(C(F)(F)F)c1)c1cc(-c2ccco2)[nH]c(=O)n1. The molecule has 0 aliphatic rings. The number of H-pyrrole nitrogens is 1. The monoisotopic (exact) mass is 349 g/mol. The highest BCUT2D eigenvalue weighted by molar-refractivity contribution is 6.03. The third-order valence-electron chi connectivity index (χ3n) is 3.21. The van der Waals surface area contributed by atoms with Crippen molar-refractivity contribution < 1.29 is 22.4 Å². The number of hydrogen-bond acceptors (Lipinski definition) is 4. The lowest BCUT2D eigenvalue weighted by Gasteiger charge is -2.09. The van der Waals surface area contributed by atoms with Crippen molar-refractivity contribution >= 4 is 11.6 Å². The lowest BCUT2D eigenvalue weighted by atomic mass is 10.2. The van der Waals surface area contributed by atoms with Crippen LogP contribution < -0.4 is 11.0 Å². The van der Waals surface area contributed by atoms with Gasteiger partial charge in [-0.1, -0.05) is 6.07 Å². The molecule has 3 aromatic rings. The van der Waals surface area contributed by atoms with Crippen molar-refractivity contribution in [2.45, 2.75) is 6.18 Å². The summed E-state index contributed by atoms with van der Waals surface area (Å²) in [6, 6.07) is 8.57. The van der Waals surface area contributed by atoms with Crippen LogP contribution in [0.15, 0.2) is 57.9 Å². The van der Waals surface area contributed by atoms with Crippen LogP contribution in [0.4, 0.5) is 18.9 Å². The van der Waals surface area contributed by atoms with Crippen LogP contribution in [-0.4, -0.2) is 15.9 Å². The third kappa shape index (κ3) is 3.77. The number of amides is 1. The van der Waals surface area contributed by atoms with Crippen molar-refractivity contribution in [1.82, 2.24) is 9.97 Å². The van der Waals surface area contributed by atoms with Gasteiger partial charge < -0.3 is 14.7 Å². The molecule has 25 heavy (non-hydrogen) atoms. The third-order valence-corrected chi connectivity index (χ3v) is 3.21. The van der Waals surface area contributed by atoms with Crippen LogP contribution in [0.25, 0.3) is 11.5 Å².